The van der Waals surface area contributed by atoms with Crippen LogP contribution in [-0.4, -0.2) is 11.8 Å². The summed E-state index contributed by atoms with van der Waals surface area (Å²) >= 11 is 0. The number of hydroxylamine groups is 1. The summed E-state index contributed by atoms with van der Waals surface area (Å²) in [5.41, 5.74) is 6.68. The first kappa shape index (κ1) is 11.1. The first-order chi connectivity index (χ1) is 7.11. The number of amides is 2. The fourth-order valence-corrected chi connectivity index (χ4v) is 0.845. The zero-order valence-corrected chi connectivity index (χ0v) is 7.70. The van der Waals surface area contributed by atoms with Crippen molar-refractivity contribution in [3.05, 3.63) is 35.6 Å². The number of carbonyl (C=O) groups excluding carboxylic acids is 2. The van der Waals surface area contributed by atoms with Gasteiger partial charge in [-0.2, -0.15) is 0 Å². The molecule has 0 aliphatic rings. The third-order valence-electron chi connectivity index (χ3n) is 1.57. The van der Waals surface area contributed by atoms with Gasteiger partial charge in [-0.25, -0.2) is 9.87 Å². The van der Waals surface area contributed by atoms with Crippen LogP contribution >= 0.6 is 0 Å². The number of carbonyl (C=O) groups is 2. The Morgan fingerprint density at radius 2 is 2.07 bits per heavy atom. The van der Waals surface area contributed by atoms with E-state index in [4.69, 9.17) is 0 Å². The Balaban J connectivity index is 2.42. The zero-order valence-electron chi connectivity index (χ0n) is 7.70. The van der Waals surface area contributed by atoms with Crippen molar-refractivity contribution in [1.29, 1.82) is 0 Å². The standard InChI is InChI=1S/C9H9FN2O3/c10-7-4-2-1-3-6(7)5-15-12-9(14)8(11)13/h1-4H,5H2,(H2,11,13)(H,12,14). The van der Waals surface area contributed by atoms with Crippen LogP contribution in [0.5, 0.6) is 0 Å². The molecule has 15 heavy (non-hydrogen) atoms. The van der Waals surface area contributed by atoms with Gasteiger partial charge in [0.15, 0.2) is 0 Å². The van der Waals surface area contributed by atoms with Crippen LogP contribution in [0.4, 0.5) is 4.39 Å². The number of nitrogens with two attached hydrogens (primary N) is 1. The van der Waals surface area contributed by atoms with Gasteiger partial charge >= 0.3 is 11.8 Å². The van der Waals surface area contributed by atoms with Gasteiger partial charge in [0.05, 0.1) is 0 Å². The molecule has 0 atom stereocenters. The Hall–Kier alpha value is -1.95. The molecule has 1 aromatic carbocycles. The van der Waals surface area contributed by atoms with Gasteiger partial charge < -0.3 is 5.73 Å². The van der Waals surface area contributed by atoms with Crippen molar-refractivity contribution in [2.45, 2.75) is 6.61 Å². The number of hydrogen-bond acceptors (Lipinski definition) is 3. The van der Waals surface area contributed by atoms with Crippen LogP contribution in [0.25, 0.3) is 0 Å². The largest absolute Gasteiger partial charge is 0.361 e. The van der Waals surface area contributed by atoms with Crippen LogP contribution in [0.1, 0.15) is 5.56 Å². The van der Waals surface area contributed by atoms with Gasteiger partial charge in [0.25, 0.3) is 0 Å². The zero-order chi connectivity index (χ0) is 11.3. The maximum absolute atomic E-state index is 13.0. The number of rotatable bonds is 3. The van der Waals surface area contributed by atoms with Crippen LogP contribution < -0.4 is 11.2 Å². The van der Waals surface area contributed by atoms with E-state index in [1.807, 2.05) is 0 Å². The lowest BCUT2D eigenvalue weighted by atomic mass is 10.2. The van der Waals surface area contributed by atoms with Gasteiger partial charge in [0.1, 0.15) is 12.4 Å². The highest BCUT2D eigenvalue weighted by atomic mass is 19.1. The predicted molar refractivity (Wildman–Crippen MR) is 48.5 cm³/mol. The molecule has 0 saturated heterocycles. The fraction of sp³-hybridized carbons (Fsp3) is 0.111. The third-order valence-corrected chi connectivity index (χ3v) is 1.57. The van der Waals surface area contributed by atoms with Gasteiger partial charge in [-0.05, 0) is 6.07 Å². The molecule has 3 N–H and O–H groups in total. The van der Waals surface area contributed by atoms with E-state index in [9.17, 15) is 14.0 Å². The molecule has 0 aromatic heterocycles. The van der Waals surface area contributed by atoms with E-state index in [2.05, 4.69) is 10.6 Å². The normalized spacial score (nSPS) is 9.67. The first-order valence-electron chi connectivity index (χ1n) is 4.06. The van der Waals surface area contributed by atoms with Crippen molar-refractivity contribution in [2.24, 2.45) is 5.73 Å². The molecule has 0 unspecified atom stereocenters. The van der Waals surface area contributed by atoms with Crippen LogP contribution in [-0.2, 0) is 21.0 Å². The summed E-state index contributed by atoms with van der Waals surface area (Å²) in [5.74, 6) is -2.69. The lowest BCUT2D eigenvalue weighted by Crippen LogP contribution is -2.35. The summed E-state index contributed by atoms with van der Waals surface area (Å²) in [5, 5.41) is 0. The molecule has 0 spiro atoms. The molecular weight excluding hydrogens is 203 g/mol. The number of hydrogen-bond donors (Lipinski definition) is 2. The Morgan fingerprint density at radius 3 is 2.67 bits per heavy atom. The van der Waals surface area contributed by atoms with Gasteiger partial charge in [-0.1, -0.05) is 18.2 Å². The Labute approximate surface area is 85.0 Å². The van der Waals surface area contributed by atoms with Crippen molar-refractivity contribution in [2.75, 3.05) is 0 Å². The van der Waals surface area contributed by atoms with Crippen LogP contribution in [0, 0.1) is 5.82 Å². The molecule has 0 radical (unpaired) electrons. The summed E-state index contributed by atoms with van der Waals surface area (Å²) in [4.78, 5) is 25.5. The molecule has 0 aliphatic heterocycles. The third kappa shape index (κ3) is 3.35. The summed E-state index contributed by atoms with van der Waals surface area (Å²) in [7, 11) is 0. The molecule has 5 nitrogen and oxygen atoms in total. The van der Waals surface area contributed by atoms with Gasteiger partial charge in [0.2, 0.25) is 0 Å². The smallest absolute Gasteiger partial charge is 0.332 e. The summed E-state index contributed by atoms with van der Waals surface area (Å²) in [6, 6.07) is 5.90. The molecular formula is C9H9FN2O3. The highest BCUT2D eigenvalue weighted by molar-refractivity contribution is 6.34. The highest BCUT2D eigenvalue weighted by Crippen LogP contribution is 2.06. The van der Waals surface area contributed by atoms with Crippen molar-refractivity contribution < 1.29 is 18.8 Å². The topological polar surface area (TPSA) is 81.4 Å². The van der Waals surface area contributed by atoms with Crippen molar-refractivity contribution >= 4 is 11.8 Å². The second kappa shape index (κ2) is 5.06. The Kier molecular flexibility index (Phi) is 3.75. The lowest BCUT2D eigenvalue weighted by Gasteiger charge is -2.04. The molecule has 0 heterocycles. The monoisotopic (exact) mass is 212 g/mol. The van der Waals surface area contributed by atoms with Gasteiger partial charge in [0, 0.05) is 5.56 Å². The highest BCUT2D eigenvalue weighted by Gasteiger charge is 2.08. The molecule has 80 valence electrons. The number of primary amides is 1. The first-order valence-corrected chi connectivity index (χ1v) is 4.06. The van der Waals surface area contributed by atoms with E-state index in [-0.39, 0.29) is 12.2 Å². The lowest BCUT2D eigenvalue weighted by molar-refractivity contribution is -0.146. The number of nitrogens with one attached hydrogen (secondary N) is 1. The minimum absolute atomic E-state index is 0.175. The van der Waals surface area contributed by atoms with Crippen LogP contribution in [0.2, 0.25) is 0 Å². The van der Waals surface area contributed by atoms with E-state index in [0.29, 0.717) is 0 Å². The minimum Gasteiger partial charge on any atom is -0.361 e. The minimum atomic E-state index is -1.16. The van der Waals surface area contributed by atoms with E-state index >= 15 is 0 Å². The van der Waals surface area contributed by atoms with Crippen LogP contribution in [0.15, 0.2) is 24.3 Å². The number of halogens is 1. The van der Waals surface area contributed by atoms with E-state index in [1.54, 1.807) is 11.5 Å². The molecule has 0 saturated carbocycles. The van der Waals surface area contributed by atoms with Crippen LogP contribution in [0.3, 0.4) is 0 Å². The average molecular weight is 212 g/mol. The molecule has 1 rings (SSSR count). The fourth-order valence-electron chi connectivity index (χ4n) is 0.845. The predicted octanol–water partition coefficient (Wildman–Crippen LogP) is -0.141. The average Bonchev–Trinajstić information content (AvgIpc) is 2.20. The van der Waals surface area contributed by atoms with Gasteiger partial charge in [-0.3, -0.25) is 14.4 Å². The second-order valence-corrected chi connectivity index (χ2v) is 2.68. The number of benzene rings is 1. The maximum Gasteiger partial charge on any atom is 0.332 e. The molecule has 6 heteroatoms. The second-order valence-electron chi connectivity index (χ2n) is 2.68. The Bertz CT molecular complexity index is 381. The van der Waals surface area contributed by atoms with E-state index in [0.717, 1.165) is 0 Å². The quantitative estimate of drug-likeness (QED) is 0.540. The Morgan fingerprint density at radius 1 is 1.40 bits per heavy atom. The van der Waals surface area contributed by atoms with Gasteiger partial charge in [-0.15, -0.1) is 0 Å². The molecule has 2 amide bonds. The van der Waals surface area contributed by atoms with E-state index < -0.39 is 17.6 Å². The van der Waals surface area contributed by atoms with Crippen molar-refractivity contribution in [3.8, 4) is 0 Å². The van der Waals surface area contributed by atoms with Crippen molar-refractivity contribution in [1.82, 2.24) is 5.48 Å². The molecule has 0 bridgehead atoms. The maximum atomic E-state index is 13.0. The molecule has 1 aromatic rings. The molecule has 0 fully saturated rings. The SMILES string of the molecule is NC(=O)C(=O)NOCc1ccccc1F. The van der Waals surface area contributed by atoms with Crippen molar-refractivity contribution in [3.63, 3.8) is 0 Å². The summed E-state index contributed by atoms with van der Waals surface area (Å²) in [6.45, 7) is -0.175. The summed E-state index contributed by atoms with van der Waals surface area (Å²) in [6.07, 6.45) is 0. The molecule has 0 aliphatic carbocycles. The summed E-state index contributed by atoms with van der Waals surface area (Å²) < 4.78 is 13.0. The van der Waals surface area contributed by atoms with E-state index in [1.165, 1.54) is 18.2 Å².